The Kier molecular flexibility index (Phi) is 5.08. The van der Waals surface area contributed by atoms with Crippen LogP contribution in [0.5, 0.6) is 5.75 Å². The first-order valence-corrected chi connectivity index (χ1v) is 11.4. The summed E-state index contributed by atoms with van der Waals surface area (Å²) in [7, 11) is -2.12. The van der Waals surface area contributed by atoms with E-state index in [2.05, 4.69) is 39.0 Å². The van der Waals surface area contributed by atoms with Crippen molar-refractivity contribution in [1.29, 1.82) is 0 Å². The van der Waals surface area contributed by atoms with Gasteiger partial charge in [-0.15, -0.1) is 0 Å². The Balaban J connectivity index is 2.62. The van der Waals surface area contributed by atoms with Crippen LogP contribution in [0.2, 0.25) is 18.1 Å². The highest BCUT2D eigenvalue weighted by atomic mass is 28.3. The van der Waals surface area contributed by atoms with Crippen molar-refractivity contribution in [2.45, 2.75) is 52.8 Å². The molecule has 1 aromatic carbocycles. The van der Waals surface area contributed by atoms with E-state index in [0.29, 0.717) is 18.9 Å². The lowest BCUT2D eigenvalue weighted by atomic mass is 10.1. The lowest BCUT2D eigenvalue weighted by molar-refractivity contribution is -0.111. The van der Waals surface area contributed by atoms with Crippen LogP contribution in [0.15, 0.2) is 23.4 Å². The van der Waals surface area contributed by atoms with Gasteiger partial charge in [0.15, 0.2) is 13.9 Å². The first-order chi connectivity index (χ1) is 11.1. The molecule has 132 valence electrons. The molecule has 0 atom stereocenters. The molecule has 0 spiro atoms. The molecule has 0 aliphatic carbocycles. The number of anilines is 1. The van der Waals surface area contributed by atoms with Crippen molar-refractivity contribution in [3.63, 3.8) is 0 Å². The third-order valence-corrected chi connectivity index (χ3v) is 10.1. The molecule has 0 saturated heterocycles. The van der Waals surface area contributed by atoms with Crippen molar-refractivity contribution in [1.82, 2.24) is 0 Å². The zero-order valence-corrected chi connectivity index (χ0v) is 16.8. The van der Waals surface area contributed by atoms with Gasteiger partial charge in [0, 0.05) is 17.3 Å². The first kappa shape index (κ1) is 18.5. The number of nitrogens with zero attached hydrogens (tertiary/aromatic N) is 2. The average molecular weight is 349 g/mol. The van der Waals surface area contributed by atoms with E-state index in [1.54, 1.807) is 0 Å². The molecule has 0 N–H and O–H groups in total. The standard InChI is InChI=1S/C18H28N2O3Si/c1-8-22-13-10-11-14-15(12-13)20(24(6,7)18(3,4)5)17(21)16(14)19-23-9-2/h10-12H,8-9H2,1-7H3/b19-16+. The molecule has 1 aliphatic rings. The van der Waals surface area contributed by atoms with Gasteiger partial charge in [0.05, 0.1) is 6.61 Å². The van der Waals surface area contributed by atoms with Gasteiger partial charge < -0.3 is 14.1 Å². The summed E-state index contributed by atoms with van der Waals surface area (Å²) < 4.78 is 7.60. The highest BCUT2D eigenvalue weighted by Crippen LogP contribution is 2.45. The van der Waals surface area contributed by atoms with E-state index in [0.717, 1.165) is 17.0 Å². The van der Waals surface area contributed by atoms with Crippen LogP contribution >= 0.6 is 0 Å². The number of fused-ring (bicyclic) bond motifs is 1. The largest absolute Gasteiger partial charge is 0.494 e. The number of hydrogen-bond donors (Lipinski definition) is 0. The predicted molar refractivity (Wildman–Crippen MR) is 100 cm³/mol. The smallest absolute Gasteiger partial charge is 0.273 e. The van der Waals surface area contributed by atoms with Crippen molar-refractivity contribution in [2.75, 3.05) is 17.8 Å². The van der Waals surface area contributed by atoms with Gasteiger partial charge in [-0.25, -0.2) is 0 Å². The van der Waals surface area contributed by atoms with Gasteiger partial charge >= 0.3 is 0 Å². The molecule has 0 radical (unpaired) electrons. The summed E-state index contributed by atoms with van der Waals surface area (Å²) in [5.41, 5.74) is 2.09. The SMILES string of the molecule is CCO/N=C1/C(=O)N([Si](C)(C)C(C)(C)C)c2cc(OCC)ccc21. The second-order valence-electron chi connectivity index (χ2n) is 7.42. The Morgan fingerprint density at radius 2 is 1.83 bits per heavy atom. The van der Waals surface area contributed by atoms with Crippen molar-refractivity contribution < 1.29 is 14.4 Å². The van der Waals surface area contributed by atoms with Crippen LogP contribution in [-0.4, -0.2) is 33.1 Å². The molecular formula is C18H28N2O3Si. The van der Waals surface area contributed by atoms with Crippen LogP contribution in [-0.2, 0) is 9.63 Å². The van der Waals surface area contributed by atoms with E-state index < -0.39 is 8.24 Å². The minimum atomic E-state index is -2.12. The molecule has 1 aliphatic heterocycles. The number of benzene rings is 1. The minimum absolute atomic E-state index is 0.0165. The maximum absolute atomic E-state index is 13.1. The lowest BCUT2D eigenvalue weighted by Gasteiger charge is -2.43. The van der Waals surface area contributed by atoms with Crippen LogP contribution < -0.4 is 9.30 Å². The predicted octanol–water partition coefficient (Wildman–Crippen LogP) is 4.18. The maximum Gasteiger partial charge on any atom is 0.273 e. The van der Waals surface area contributed by atoms with Gasteiger partial charge in [0.2, 0.25) is 0 Å². The zero-order chi connectivity index (χ0) is 18.1. The van der Waals surface area contributed by atoms with E-state index in [9.17, 15) is 4.79 Å². The highest BCUT2D eigenvalue weighted by molar-refractivity contribution is 6.90. The summed E-state index contributed by atoms with van der Waals surface area (Å²) in [5, 5.41) is 4.11. The van der Waals surface area contributed by atoms with Crippen LogP contribution in [0.3, 0.4) is 0 Å². The maximum atomic E-state index is 13.1. The van der Waals surface area contributed by atoms with Crippen LogP contribution in [0, 0.1) is 0 Å². The number of rotatable bonds is 5. The van der Waals surface area contributed by atoms with Crippen molar-refractivity contribution in [3.05, 3.63) is 23.8 Å². The number of oxime groups is 1. The quantitative estimate of drug-likeness (QED) is 0.592. The van der Waals surface area contributed by atoms with E-state index >= 15 is 0 Å². The Bertz CT molecular complexity index is 663. The molecule has 2 rings (SSSR count). The van der Waals surface area contributed by atoms with Crippen molar-refractivity contribution >= 4 is 25.5 Å². The fraction of sp³-hybridized carbons (Fsp3) is 0.556. The van der Waals surface area contributed by atoms with Crippen LogP contribution in [0.25, 0.3) is 0 Å². The summed E-state index contributed by atoms with van der Waals surface area (Å²) in [5.74, 6) is 0.698. The van der Waals surface area contributed by atoms with Gasteiger partial charge in [0.1, 0.15) is 12.4 Å². The second-order valence-corrected chi connectivity index (χ2v) is 12.5. The summed E-state index contributed by atoms with van der Waals surface area (Å²) in [6.07, 6.45) is 0. The van der Waals surface area contributed by atoms with Crippen LogP contribution in [0.4, 0.5) is 5.69 Å². The van der Waals surface area contributed by atoms with Gasteiger partial charge in [-0.1, -0.05) is 39.0 Å². The van der Waals surface area contributed by atoms with E-state index in [-0.39, 0.29) is 10.9 Å². The van der Waals surface area contributed by atoms with E-state index in [1.807, 2.05) is 36.6 Å². The fourth-order valence-electron chi connectivity index (χ4n) is 2.59. The summed E-state index contributed by atoms with van der Waals surface area (Å²) in [6.45, 7) is 15.8. The number of hydrogen-bond acceptors (Lipinski definition) is 4. The average Bonchev–Trinajstić information content (AvgIpc) is 2.75. The monoisotopic (exact) mass is 348 g/mol. The number of carbonyl (C=O) groups excluding carboxylic acids is 1. The molecule has 0 fully saturated rings. The molecular weight excluding hydrogens is 320 g/mol. The molecule has 0 bridgehead atoms. The Morgan fingerprint density at radius 1 is 1.17 bits per heavy atom. The highest BCUT2D eigenvalue weighted by Gasteiger charge is 2.50. The molecule has 1 aromatic rings. The molecule has 0 unspecified atom stereocenters. The van der Waals surface area contributed by atoms with Gasteiger partial charge in [0.25, 0.3) is 5.91 Å². The molecule has 6 heteroatoms. The molecule has 1 heterocycles. The third-order valence-electron chi connectivity index (χ3n) is 4.86. The summed E-state index contributed by atoms with van der Waals surface area (Å²) in [4.78, 5) is 18.3. The Labute approximate surface area is 145 Å². The van der Waals surface area contributed by atoms with E-state index in [4.69, 9.17) is 9.57 Å². The topological polar surface area (TPSA) is 51.1 Å². The zero-order valence-electron chi connectivity index (χ0n) is 15.8. The molecule has 24 heavy (non-hydrogen) atoms. The first-order valence-electron chi connectivity index (χ1n) is 8.46. The van der Waals surface area contributed by atoms with Gasteiger partial charge in [-0.2, -0.15) is 0 Å². The van der Waals surface area contributed by atoms with Gasteiger partial charge in [-0.3, -0.25) is 4.79 Å². The van der Waals surface area contributed by atoms with Gasteiger partial charge in [-0.05, 0) is 31.0 Å². The number of amides is 1. The lowest BCUT2D eigenvalue weighted by Crippen LogP contribution is -2.57. The number of carbonyl (C=O) groups is 1. The molecule has 1 amide bonds. The minimum Gasteiger partial charge on any atom is -0.494 e. The summed E-state index contributed by atoms with van der Waals surface area (Å²) in [6, 6.07) is 5.74. The van der Waals surface area contributed by atoms with Crippen molar-refractivity contribution in [2.24, 2.45) is 5.16 Å². The van der Waals surface area contributed by atoms with Crippen molar-refractivity contribution in [3.8, 4) is 5.75 Å². The second kappa shape index (κ2) is 6.59. The third kappa shape index (κ3) is 3.07. The molecule has 0 saturated carbocycles. The number of ether oxygens (including phenoxy) is 1. The fourth-order valence-corrected chi connectivity index (χ4v) is 4.66. The summed E-state index contributed by atoms with van der Waals surface area (Å²) >= 11 is 0. The van der Waals surface area contributed by atoms with E-state index in [1.165, 1.54) is 0 Å². The normalized spacial score (nSPS) is 16.5. The Morgan fingerprint density at radius 3 is 2.38 bits per heavy atom. The molecule has 5 nitrogen and oxygen atoms in total. The molecule has 0 aromatic heterocycles. The Hall–Kier alpha value is -1.82. The van der Waals surface area contributed by atoms with Crippen LogP contribution in [0.1, 0.15) is 40.2 Å².